The molecule has 22 heavy (non-hydrogen) atoms. The fraction of sp³-hybridized carbons (Fsp3) is 0.467. The third kappa shape index (κ3) is 3.44. The molecule has 120 valence electrons. The van der Waals surface area contributed by atoms with E-state index in [2.05, 4.69) is 0 Å². The standard InChI is InChI=1S/C15H18ClNO5/c1-3-22-12-5-9(4-11(16)14(12)21-2)7-17-8-10(15(19)20)6-13(17)18/h4-5,10H,3,6-8H2,1-2H3,(H,19,20). The van der Waals surface area contributed by atoms with Crippen molar-refractivity contribution in [3.63, 3.8) is 0 Å². The van der Waals surface area contributed by atoms with Gasteiger partial charge in [-0.25, -0.2) is 0 Å². The molecule has 1 aromatic rings. The fourth-order valence-electron chi connectivity index (χ4n) is 2.48. The van der Waals surface area contributed by atoms with Crippen LogP contribution in [0, 0.1) is 5.92 Å². The molecule has 6 nitrogen and oxygen atoms in total. The van der Waals surface area contributed by atoms with E-state index in [1.54, 1.807) is 12.1 Å². The molecule has 1 unspecified atom stereocenters. The maximum absolute atomic E-state index is 11.9. The third-order valence-electron chi connectivity index (χ3n) is 3.51. The van der Waals surface area contributed by atoms with Crippen LogP contribution in [-0.2, 0) is 16.1 Å². The SMILES string of the molecule is CCOc1cc(CN2CC(C(=O)O)CC2=O)cc(Cl)c1OC. The van der Waals surface area contributed by atoms with Crippen molar-refractivity contribution in [2.45, 2.75) is 19.9 Å². The van der Waals surface area contributed by atoms with Gasteiger partial charge in [-0.3, -0.25) is 9.59 Å². The normalized spacial score (nSPS) is 17.7. The van der Waals surface area contributed by atoms with Gasteiger partial charge in [0.15, 0.2) is 11.5 Å². The van der Waals surface area contributed by atoms with Gasteiger partial charge in [0.05, 0.1) is 24.7 Å². The monoisotopic (exact) mass is 327 g/mol. The lowest BCUT2D eigenvalue weighted by Gasteiger charge is -2.18. The second-order valence-corrected chi connectivity index (χ2v) is 5.46. The summed E-state index contributed by atoms with van der Waals surface area (Å²) in [6.07, 6.45) is 0.0392. The molecule has 0 radical (unpaired) electrons. The highest BCUT2D eigenvalue weighted by Crippen LogP contribution is 2.37. The maximum atomic E-state index is 11.9. The number of carboxylic acids is 1. The molecule has 1 saturated heterocycles. The molecule has 1 N–H and O–H groups in total. The number of nitrogens with zero attached hydrogens (tertiary/aromatic N) is 1. The lowest BCUT2D eigenvalue weighted by Crippen LogP contribution is -2.25. The van der Waals surface area contributed by atoms with Crippen molar-refractivity contribution in [1.82, 2.24) is 4.90 Å². The summed E-state index contributed by atoms with van der Waals surface area (Å²) in [6, 6.07) is 3.46. The largest absolute Gasteiger partial charge is 0.491 e. The van der Waals surface area contributed by atoms with Crippen LogP contribution in [-0.4, -0.2) is 42.1 Å². The molecule has 1 aliphatic rings. The molecule has 0 bridgehead atoms. The first-order chi connectivity index (χ1) is 10.5. The van der Waals surface area contributed by atoms with E-state index in [1.165, 1.54) is 12.0 Å². The minimum Gasteiger partial charge on any atom is -0.491 e. The van der Waals surface area contributed by atoms with Gasteiger partial charge in [0.1, 0.15) is 0 Å². The fourth-order valence-corrected chi connectivity index (χ4v) is 2.79. The molecular formula is C15H18ClNO5. The van der Waals surface area contributed by atoms with E-state index in [-0.39, 0.29) is 18.9 Å². The number of likely N-dealkylation sites (tertiary alicyclic amines) is 1. The molecular weight excluding hydrogens is 310 g/mol. The zero-order chi connectivity index (χ0) is 16.3. The Hall–Kier alpha value is -1.95. The Bertz CT molecular complexity index is 590. The number of hydrogen-bond donors (Lipinski definition) is 1. The summed E-state index contributed by atoms with van der Waals surface area (Å²) < 4.78 is 10.7. The molecule has 1 amide bonds. The van der Waals surface area contributed by atoms with Crippen LogP contribution in [0.25, 0.3) is 0 Å². The lowest BCUT2D eigenvalue weighted by atomic mass is 10.1. The van der Waals surface area contributed by atoms with Gasteiger partial charge in [-0.1, -0.05) is 11.6 Å². The van der Waals surface area contributed by atoms with E-state index in [1.807, 2.05) is 6.92 Å². The molecule has 2 rings (SSSR count). The van der Waals surface area contributed by atoms with Crippen LogP contribution in [0.15, 0.2) is 12.1 Å². The summed E-state index contributed by atoms with van der Waals surface area (Å²) in [5.74, 6) is -0.805. The molecule has 1 atom stereocenters. The lowest BCUT2D eigenvalue weighted by molar-refractivity contribution is -0.141. The highest BCUT2D eigenvalue weighted by Gasteiger charge is 2.34. The van der Waals surface area contributed by atoms with Gasteiger partial charge in [-0.2, -0.15) is 0 Å². The predicted molar refractivity (Wildman–Crippen MR) is 80.3 cm³/mol. The van der Waals surface area contributed by atoms with Crippen LogP contribution in [0.2, 0.25) is 5.02 Å². The Morgan fingerprint density at radius 2 is 2.23 bits per heavy atom. The van der Waals surface area contributed by atoms with Gasteiger partial charge in [0.25, 0.3) is 0 Å². The Kier molecular flexibility index (Phi) is 5.13. The number of aliphatic carboxylic acids is 1. The minimum atomic E-state index is -0.946. The summed E-state index contributed by atoms with van der Waals surface area (Å²) >= 11 is 6.17. The summed E-state index contributed by atoms with van der Waals surface area (Å²) in [4.78, 5) is 24.4. The molecule has 1 aliphatic heterocycles. The first kappa shape index (κ1) is 16.4. The number of hydrogen-bond acceptors (Lipinski definition) is 4. The maximum Gasteiger partial charge on any atom is 0.308 e. The van der Waals surface area contributed by atoms with Crippen LogP contribution in [0.1, 0.15) is 18.9 Å². The first-order valence-electron chi connectivity index (χ1n) is 6.96. The van der Waals surface area contributed by atoms with E-state index >= 15 is 0 Å². The van der Waals surface area contributed by atoms with Crippen molar-refractivity contribution in [2.75, 3.05) is 20.3 Å². The van der Waals surface area contributed by atoms with Crippen LogP contribution in [0.3, 0.4) is 0 Å². The van der Waals surface area contributed by atoms with E-state index < -0.39 is 11.9 Å². The van der Waals surface area contributed by atoms with E-state index in [0.717, 1.165) is 5.56 Å². The number of ether oxygens (including phenoxy) is 2. The first-order valence-corrected chi connectivity index (χ1v) is 7.33. The van der Waals surface area contributed by atoms with Gasteiger partial charge >= 0.3 is 5.97 Å². The van der Waals surface area contributed by atoms with Gasteiger partial charge < -0.3 is 19.5 Å². The van der Waals surface area contributed by atoms with E-state index in [9.17, 15) is 9.59 Å². The molecule has 0 saturated carbocycles. The molecule has 1 aromatic carbocycles. The predicted octanol–water partition coefficient (Wildman–Crippen LogP) is 2.18. The number of methoxy groups -OCH3 is 1. The molecule has 0 spiro atoms. The quantitative estimate of drug-likeness (QED) is 0.866. The van der Waals surface area contributed by atoms with Crippen molar-refractivity contribution < 1.29 is 24.2 Å². The molecule has 1 fully saturated rings. The molecule has 0 aliphatic carbocycles. The molecule has 7 heteroatoms. The third-order valence-corrected chi connectivity index (χ3v) is 3.79. The number of carboxylic acid groups (broad SMARTS) is 1. The molecule has 0 aromatic heterocycles. The zero-order valence-corrected chi connectivity index (χ0v) is 13.2. The van der Waals surface area contributed by atoms with Gasteiger partial charge in [-0.15, -0.1) is 0 Å². The van der Waals surface area contributed by atoms with Crippen molar-refractivity contribution >= 4 is 23.5 Å². The Balaban J connectivity index is 2.19. The Morgan fingerprint density at radius 3 is 2.77 bits per heavy atom. The van der Waals surface area contributed by atoms with Crippen molar-refractivity contribution in [3.8, 4) is 11.5 Å². The van der Waals surface area contributed by atoms with E-state index in [0.29, 0.717) is 29.7 Å². The Morgan fingerprint density at radius 1 is 1.50 bits per heavy atom. The minimum absolute atomic E-state index is 0.0392. The van der Waals surface area contributed by atoms with Crippen molar-refractivity contribution in [1.29, 1.82) is 0 Å². The smallest absolute Gasteiger partial charge is 0.308 e. The number of carbonyl (C=O) groups is 2. The van der Waals surface area contributed by atoms with Crippen molar-refractivity contribution in [3.05, 3.63) is 22.7 Å². The number of halogens is 1. The highest BCUT2D eigenvalue weighted by atomic mass is 35.5. The number of carbonyl (C=O) groups excluding carboxylic acids is 1. The van der Waals surface area contributed by atoms with Crippen LogP contribution >= 0.6 is 11.6 Å². The van der Waals surface area contributed by atoms with Crippen molar-refractivity contribution in [2.24, 2.45) is 5.92 Å². The van der Waals surface area contributed by atoms with Gasteiger partial charge in [0, 0.05) is 19.5 Å². The highest BCUT2D eigenvalue weighted by molar-refractivity contribution is 6.32. The second kappa shape index (κ2) is 6.87. The van der Waals surface area contributed by atoms with Gasteiger partial charge in [-0.05, 0) is 24.6 Å². The topological polar surface area (TPSA) is 76.1 Å². The van der Waals surface area contributed by atoms with Gasteiger partial charge in [0.2, 0.25) is 5.91 Å². The number of rotatable bonds is 6. The summed E-state index contributed by atoms with van der Waals surface area (Å²) in [6.45, 7) is 2.82. The Labute approximate surface area is 133 Å². The van der Waals surface area contributed by atoms with Crippen LogP contribution < -0.4 is 9.47 Å². The molecule has 1 heterocycles. The average Bonchev–Trinajstić information content (AvgIpc) is 2.81. The second-order valence-electron chi connectivity index (χ2n) is 5.06. The number of amides is 1. The van der Waals surface area contributed by atoms with Crippen LogP contribution in [0.5, 0.6) is 11.5 Å². The number of benzene rings is 1. The van der Waals surface area contributed by atoms with E-state index in [4.69, 9.17) is 26.2 Å². The zero-order valence-electron chi connectivity index (χ0n) is 12.5. The summed E-state index contributed by atoms with van der Waals surface area (Å²) in [5, 5.41) is 9.40. The summed E-state index contributed by atoms with van der Waals surface area (Å²) in [7, 11) is 1.50. The average molecular weight is 328 g/mol. The van der Waals surface area contributed by atoms with Crippen LogP contribution in [0.4, 0.5) is 0 Å². The summed E-state index contributed by atoms with van der Waals surface area (Å²) in [5.41, 5.74) is 0.772.